The Morgan fingerprint density at radius 3 is 3.15 bits per heavy atom. The summed E-state index contributed by atoms with van der Waals surface area (Å²) < 4.78 is 16.9. The number of morpholine rings is 1. The molecule has 0 aliphatic carbocycles. The molecule has 0 N–H and O–H groups in total. The lowest BCUT2D eigenvalue weighted by atomic mass is 9.99. The maximum absolute atomic E-state index is 6.14. The average Bonchev–Trinajstić information content (AvgIpc) is 2.85. The van der Waals surface area contributed by atoms with Crippen molar-refractivity contribution in [2.24, 2.45) is 0 Å². The number of hydrogen-bond donors (Lipinski definition) is 0. The van der Waals surface area contributed by atoms with Crippen molar-refractivity contribution in [3.63, 3.8) is 0 Å². The van der Waals surface area contributed by atoms with Crippen molar-refractivity contribution in [3.05, 3.63) is 23.9 Å². The topological polar surface area (TPSA) is 43.8 Å². The number of aromatic nitrogens is 1. The molecule has 2 saturated heterocycles. The van der Waals surface area contributed by atoms with Crippen LogP contribution in [0.15, 0.2) is 18.2 Å². The molecule has 1 aromatic rings. The van der Waals surface area contributed by atoms with Crippen LogP contribution in [0.1, 0.15) is 19.0 Å². The van der Waals surface area contributed by atoms with Crippen LogP contribution in [0, 0.1) is 0 Å². The van der Waals surface area contributed by atoms with Crippen LogP contribution < -0.4 is 4.74 Å². The van der Waals surface area contributed by atoms with Gasteiger partial charge in [0.05, 0.1) is 25.5 Å². The molecule has 20 heavy (non-hydrogen) atoms. The molecular weight excluding hydrogens is 256 g/mol. The van der Waals surface area contributed by atoms with Crippen molar-refractivity contribution < 1.29 is 14.2 Å². The predicted octanol–water partition coefficient (Wildman–Crippen LogP) is 1.47. The third-order valence-corrected chi connectivity index (χ3v) is 3.92. The summed E-state index contributed by atoms with van der Waals surface area (Å²) in [5.41, 5.74) is 0.920. The summed E-state index contributed by atoms with van der Waals surface area (Å²) in [6.45, 7) is 6.31. The Balaban J connectivity index is 1.69. The zero-order valence-electron chi connectivity index (χ0n) is 12.2. The highest BCUT2D eigenvalue weighted by Crippen LogP contribution is 2.30. The third kappa shape index (κ3) is 2.95. The summed E-state index contributed by atoms with van der Waals surface area (Å²) in [7, 11) is 1.65. The van der Waals surface area contributed by atoms with E-state index in [0.717, 1.165) is 38.4 Å². The van der Waals surface area contributed by atoms with E-state index in [2.05, 4.69) is 16.8 Å². The number of nitrogens with zero attached hydrogens (tertiary/aromatic N) is 2. The SMILES string of the molecule is COc1cccc(CN2C[C@@H](C)O[C@]3(CCOC3)C2)n1. The Bertz CT molecular complexity index is 460. The number of pyridine rings is 1. The predicted molar refractivity (Wildman–Crippen MR) is 74.8 cm³/mol. The molecule has 1 spiro atoms. The number of ether oxygens (including phenoxy) is 3. The summed E-state index contributed by atoms with van der Waals surface area (Å²) >= 11 is 0. The summed E-state index contributed by atoms with van der Waals surface area (Å²) in [5, 5.41) is 0. The van der Waals surface area contributed by atoms with Gasteiger partial charge in [-0.1, -0.05) is 6.07 Å². The van der Waals surface area contributed by atoms with E-state index in [0.29, 0.717) is 12.5 Å². The third-order valence-electron chi connectivity index (χ3n) is 3.92. The molecular formula is C15H22N2O3. The zero-order valence-corrected chi connectivity index (χ0v) is 12.2. The van der Waals surface area contributed by atoms with Gasteiger partial charge in [0.1, 0.15) is 5.60 Å². The lowest BCUT2D eigenvalue weighted by Gasteiger charge is -2.42. The maximum Gasteiger partial charge on any atom is 0.213 e. The second-order valence-corrected chi connectivity index (χ2v) is 5.75. The largest absolute Gasteiger partial charge is 0.481 e. The molecule has 2 aliphatic heterocycles. The smallest absolute Gasteiger partial charge is 0.213 e. The lowest BCUT2D eigenvalue weighted by molar-refractivity contribution is -0.149. The van der Waals surface area contributed by atoms with Gasteiger partial charge in [0, 0.05) is 38.7 Å². The second-order valence-electron chi connectivity index (χ2n) is 5.75. The second kappa shape index (κ2) is 5.68. The van der Waals surface area contributed by atoms with E-state index in [-0.39, 0.29) is 11.7 Å². The van der Waals surface area contributed by atoms with Gasteiger partial charge in [0.2, 0.25) is 5.88 Å². The van der Waals surface area contributed by atoms with Crippen LogP contribution in [0.5, 0.6) is 5.88 Å². The molecule has 3 heterocycles. The first-order chi connectivity index (χ1) is 9.69. The molecule has 5 nitrogen and oxygen atoms in total. The van der Waals surface area contributed by atoms with E-state index in [1.165, 1.54) is 0 Å². The van der Waals surface area contributed by atoms with Crippen LogP contribution in [0.3, 0.4) is 0 Å². The number of rotatable bonds is 3. The molecule has 0 amide bonds. The highest BCUT2D eigenvalue weighted by molar-refractivity contribution is 5.15. The van der Waals surface area contributed by atoms with Crippen LogP contribution in [0.4, 0.5) is 0 Å². The summed E-state index contributed by atoms with van der Waals surface area (Å²) in [4.78, 5) is 6.90. The van der Waals surface area contributed by atoms with E-state index in [1.807, 2.05) is 18.2 Å². The quantitative estimate of drug-likeness (QED) is 0.837. The molecule has 0 unspecified atom stereocenters. The van der Waals surface area contributed by atoms with Crippen molar-refractivity contribution in [2.45, 2.75) is 31.6 Å². The minimum absolute atomic E-state index is 0.115. The fraction of sp³-hybridized carbons (Fsp3) is 0.667. The Morgan fingerprint density at radius 1 is 1.50 bits per heavy atom. The standard InChI is InChI=1S/C15H22N2O3/c1-12-8-17(10-15(20-12)6-7-19-11-15)9-13-4-3-5-14(16-13)18-2/h3-5,12H,6-11H2,1-2H3/t12-,15-/m1/s1. The van der Waals surface area contributed by atoms with Gasteiger partial charge in [-0.05, 0) is 13.0 Å². The highest BCUT2D eigenvalue weighted by Gasteiger charge is 2.42. The van der Waals surface area contributed by atoms with Crippen LogP contribution in [-0.4, -0.2) is 55.0 Å². The van der Waals surface area contributed by atoms with Crippen LogP contribution in [0.2, 0.25) is 0 Å². The maximum atomic E-state index is 6.14. The molecule has 0 aromatic carbocycles. The van der Waals surface area contributed by atoms with Gasteiger partial charge in [-0.3, -0.25) is 4.90 Å². The van der Waals surface area contributed by atoms with E-state index >= 15 is 0 Å². The van der Waals surface area contributed by atoms with Gasteiger partial charge in [-0.25, -0.2) is 4.98 Å². The highest BCUT2D eigenvalue weighted by atomic mass is 16.6. The summed E-state index contributed by atoms with van der Waals surface area (Å²) in [6, 6.07) is 5.90. The Morgan fingerprint density at radius 2 is 2.40 bits per heavy atom. The molecule has 0 saturated carbocycles. The molecule has 1 aromatic heterocycles. The molecule has 0 radical (unpaired) electrons. The van der Waals surface area contributed by atoms with Gasteiger partial charge in [0.25, 0.3) is 0 Å². The first kappa shape index (κ1) is 13.8. The van der Waals surface area contributed by atoms with Gasteiger partial charge in [0.15, 0.2) is 0 Å². The Labute approximate surface area is 119 Å². The average molecular weight is 278 g/mol. The van der Waals surface area contributed by atoms with Crippen LogP contribution in [0.25, 0.3) is 0 Å². The summed E-state index contributed by atoms with van der Waals surface area (Å²) in [6.07, 6.45) is 1.22. The first-order valence-electron chi connectivity index (χ1n) is 7.17. The van der Waals surface area contributed by atoms with Gasteiger partial charge in [-0.2, -0.15) is 0 Å². The van der Waals surface area contributed by atoms with Crippen molar-refractivity contribution in [3.8, 4) is 5.88 Å². The van der Waals surface area contributed by atoms with E-state index in [4.69, 9.17) is 14.2 Å². The summed E-state index contributed by atoms with van der Waals surface area (Å²) in [5.74, 6) is 0.669. The normalized spacial score (nSPS) is 30.8. The van der Waals surface area contributed by atoms with Crippen molar-refractivity contribution in [1.29, 1.82) is 0 Å². The van der Waals surface area contributed by atoms with Gasteiger partial charge in [-0.15, -0.1) is 0 Å². The minimum atomic E-state index is -0.115. The Hall–Kier alpha value is -1.17. The molecule has 5 heteroatoms. The van der Waals surface area contributed by atoms with Crippen molar-refractivity contribution >= 4 is 0 Å². The fourth-order valence-corrected chi connectivity index (χ4v) is 3.15. The molecule has 0 bridgehead atoms. The first-order valence-corrected chi connectivity index (χ1v) is 7.17. The number of hydrogen-bond acceptors (Lipinski definition) is 5. The molecule has 110 valence electrons. The van der Waals surface area contributed by atoms with E-state index in [9.17, 15) is 0 Å². The monoisotopic (exact) mass is 278 g/mol. The molecule has 2 aliphatic rings. The van der Waals surface area contributed by atoms with Crippen LogP contribution in [-0.2, 0) is 16.0 Å². The van der Waals surface area contributed by atoms with Crippen molar-refractivity contribution in [2.75, 3.05) is 33.4 Å². The Kier molecular flexibility index (Phi) is 3.92. The van der Waals surface area contributed by atoms with Gasteiger partial charge < -0.3 is 14.2 Å². The van der Waals surface area contributed by atoms with Crippen molar-refractivity contribution in [1.82, 2.24) is 9.88 Å². The van der Waals surface area contributed by atoms with Gasteiger partial charge >= 0.3 is 0 Å². The molecule has 2 atom stereocenters. The molecule has 3 rings (SSSR count). The molecule has 2 fully saturated rings. The fourth-order valence-electron chi connectivity index (χ4n) is 3.15. The minimum Gasteiger partial charge on any atom is -0.481 e. The lowest BCUT2D eigenvalue weighted by Crippen LogP contribution is -2.55. The van der Waals surface area contributed by atoms with E-state index in [1.54, 1.807) is 7.11 Å². The number of methoxy groups -OCH3 is 1. The zero-order chi connectivity index (χ0) is 14.0. The van der Waals surface area contributed by atoms with E-state index < -0.39 is 0 Å². The van der Waals surface area contributed by atoms with Crippen LogP contribution >= 0.6 is 0 Å².